The lowest BCUT2D eigenvalue weighted by molar-refractivity contribution is -0.117. The molecule has 9 heteroatoms. The van der Waals surface area contributed by atoms with Gasteiger partial charge in [-0.15, -0.1) is 0 Å². The van der Waals surface area contributed by atoms with Crippen molar-refractivity contribution in [2.24, 2.45) is 5.14 Å². The number of fused-ring (bicyclic) bond motifs is 1. The monoisotopic (exact) mass is 431 g/mol. The molecule has 0 unspecified atom stereocenters. The molecule has 1 aliphatic heterocycles. The molecule has 2 N–H and O–H groups in total. The number of sulfonamides is 1. The lowest BCUT2D eigenvalue weighted by Gasteiger charge is -2.40. The second-order valence-corrected chi connectivity index (χ2v) is 9.12. The number of carbonyl (C=O) groups is 2. The minimum Gasteiger partial charge on any atom is -0.446 e. The molecule has 0 fully saturated rings. The highest BCUT2D eigenvalue weighted by atomic mass is 32.2. The van der Waals surface area contributed by atoms with Crippen LogP contribution in [0.5, 0.6) is 0 Å². The first kappa shape index (κ1) is 21.8. The van der Waals surface area contributed by atoms with Crippen molar-refractivity contribution in [1.82, 2.24) is 0 Å². The Morgan fingerprint density at radius 3 is 2.37 bits per heavy atom. The molecule has 0 spiro atoms. The van der Waals surface area contributed by atoms with E-state index in [1.807, 2.05) is 6.92 Å². The molecule has 0 radical (unpaired) electrons. The van der Waals surface area contributed by atoms with E-state index >= 15 is 0 Å². The SMILES string of the molecule is CC(=O)N1c2ccc(-c3cccc(S(N)(=O)=O)c3)cc2N(C(=O)OC(C)C)C[C@@H]1C. The summed E-state index contributed by atoms with van der Waals surface area (Å²) in [7, 11) is -3.85. The molecular weight excluding hydrogens is 406 g/mol. The van der Waals surface area contributed by atoms with Gasteiger partial charge in [0.1, 0.15) is 0 Å². The van der Waals surface area contributed by atoms with Crippen LogP contribution in [0.1, 0.15) is 27.7 Å². The van der Waals surface area contributed by atoms with Gasteiger partial charge in [0.25, 0.3) is 0 Å². The minimum absolute atomic E-state index is 0.00669. The molecule has 3 rings (SSSR count). The zero-order valence-corrected chi connectivity index (χ0v) is 18.1. The maximum Gasteiger partial charge on any atom is 0.414 e. The first-order valence-electron chi connectivity index (χ1n) is 9.54. The quantitative estimate of drug-likeness (QED) is 0.803. The van der Waals surface area contributed by atoms with E-state index in [0.717, 1.165) is 0 Å². The number of hydrogen-bond acceptors (Lipinski definition) is 5. The van der Waals surface area contributed by atoms with Crippen LogP contribution in [0.2, 0.25) is 0 Å². The van der Waals surface area contributed by atoms with Crippen LogP contribution in [0.3, 0.4) is 0 Å². The van der Waals surface area contributed by atoms with E-state index in [4.69, 9.17) is 9.88 Å². The average molecular weight is 432 g/mol. The Balaban J connectivity index is 2.14. The highest BCUT2D eigenvalue weighted by molar-refractivity contribution is 7.89. The van der Waals surface area contributed by atoms with E-state index in [-0.39, 0.29) is 29.5 Å². The Bertz CT molecular complexity index is 1100. The summed E-state index contributed by atoms with van der Waals surface area (Å²) in [5.41, 5.74) is 2.41. The predicted octanol–water partition coefficient (Wildman–Crippen LogP) is 3.11. The summed E-state index contributed by atoms with van der Waals surface area (Å²) in [6.45, 7) is 7.15. The molecular formula is C21H25N3O5S. The molecule has 1 aliphatic rings. The Kier molecular flexibility index (Phi) is 5.87. The standard InChI is InChI=1S/C21H25N3O5S/c1-13(2)29-21(26)23-12-14(3)24(15(4)25)19-9-8-17(11-20(19)23)16-6-5-7-18(10-16)30(22,27)28/h5-11,13-14H,12H2,1-4H3,(H2,22,27,28)/t14-/m0/s1. The zero-order chi connectivity index (χ0) is 22.2. The molecule has 8 nitrogen and oxygen atoms in total. The van der Waals surface area contributed by atoms with Gasteiger partial charge in [-0.3, -0.25) is 9.69 Å². The lowest BCUT2D eigenvalue weighted by atomic mass is 10.0. The molecule has 0 saturated heterocycles. The summed E-state index contributed by atoms with van der Waals surface area (Å²) in [6.07, 6.45) is -0.798. The Morgan fingerprint density at radius 2 is 1.77 bits per heavy atom. The second kappa shape index (κ2) is 8.08. The number of nitrogens with zero attached hydrogens (tertiary/aromatic N) is 2. The number of hydrogen-bond donors (Lipinski definition) is 1. The van der Waals surface area contributed by atoms with Gasteiger partial charge in [-0.2, -0.15) is 0 Å². The summed E-state index contributed by atoms with van der Waals surface area (Å²) in [4.78, 5) is 28.1. The predicted molar refractivity (Wildman–Crippen MR) is 115 cm³/mol. The topological polar surface area (TPSA) is 110 Å². The number of rotatable bonds is 3. The number of amides is 2. The van der Waals surface area contributed by atoms with Crippen LogP contribution < -0.4 is 14.9 Å². The first-order chi connectivity index (χ1) is 14.0. The summed E-state index contributed by atoms with van der Waals surface area (Å²) in [5.74, 6) is -0.135. The normalized spacial score (nSPS) is 16.4. The fourth-order valence-electron chi connectivity index (χ4n) is 3.58. The lowest BCUT2D eigenvalue weighted by Crippen LogP contribution is -2.51. The van der Waals surface area contributed by atoms with Crippen LogP contribution >= 0.6 is 0 Å². The van der Waals surface area contributed by atoms with Crippen LogP contribution in [-0.2, 0) is 19.6 Å². The van der Waals surface area contributed by atoms with E-state index in [1.165, 1.54) is 24.0 Å². The molecule has 2 amide bonds. The molecule has 2 aromatic rings. The van der Waals surface area contributed by atoms with E-state index in [1.54, 1.807) is 49.1 Å². The summed E-state index contributed by atoms with van der Waals surface area (Å²) >= 11 is 0. The third-order valence-electron chi connectivity index (χ3n) is 4.81. The summed E-state index contributed by atoms with van der Waals surface area (Å²) < 4.78 is 28.8. The number of anilines is 2. The van der Waals surface area contributed by atoms with Crippen LogP contribution in [-0.4, -0.2) is 39.1 Å². The summed E-state index contributed by atoms with van der Waals surface area (Å²) in [5, 5.41) is 5.25. The molecule has 1 atom stereocenters. The van der Waals surface area contributed by atoms with Crippen molar-refractivity contribution >= 4 is 33.4 Å². The second-order valence-electron chi connectivity index (χ2n) is 7.56. The zero-order valence-electron chi connectivity index (χ0n) is 17.3. The van der Waals surface area contributed by atoms with Crippen molar-refractivity contribution < 1.29 is 22.7 Å². The van der Waals surface area contributed by atoms with E-state index in [2.05, 4.69) is 0 Å². The summed E-state index contributed by atoms with van der Waals surface area (Å²) in [6, 6.07) is 11.3. The first-order valence-corrected chi connectivity index (χ1v) is 11.1. The van der Waals surface area contributed by atoms with Crippen molar-refractivity contribution in [1.29, 1.82) is 0 Å². The number of ether oxygens (including phenoxy) is 1. The van der Waals surface area contributed by atoms with Gasteiger partial charge >= 0.3 is 6.09 Å². The third-order valence-corrected chi connectivity index (χ3v) is 5.72. The molecule has 0 saturated carbocycles. The highest BCUT2D eigenvalue weighted by Gasteiger charge is 2.34. The Hall–Kier alpha value is -2.91. The van der Waals surface area contributed by atoms with Crippen molar-refractivity contribution in [3.05, 3.63) is 42.5 Å². The molecule has 30 heavy (non-hydrogen) atoms. The van der Waals surface area contributed by atoms with Gasteiger partial charge < -0.3 is 9.64 Å². The van der Waals surface area contributed by atoms with Gasteiger partial charge in [0, 0.05) is 13.5 Å². The van der Waals surface area contributed by atoms with E-state index in [9.17, 15) is 18.0 Å². The number of carbonyl (C=O) groups excluding carboxylic acids is 2. The van der Waals surface area contributed by atoms with Gasteiger partial charge in [-0.05, 0) is 56.2 Å². The molecule has 1 heterocycles. The number of nitrogens with two attached hydrogens (primary N) is 1. The number of primary sulfonamides is 1. The highest BCUT2D eigenvalue weighted by Crippen LogP contribution is 2.39. The molecule has 160 valence electrons. The average Bonchev–Trinajstić information content (AvgIpc) is 2.65. The minimum atomic E-state index is -3.85. The molecule has 0 bridgehead atoms. The Morgan fingerprint density at radius 1 is 1.10 bits per heavy atom. The van der Waals surface area contributed by atoms with Crippen molar-refractivity contribution in [3.8, 4) is 11.1 Å². The van der Waals surface area contributed by atoms with Gasteiger partial charge in [0.15, 0.2) is 0 Å². The smallest absolute Gasteiger partial charge is 0.414 e. The van der Waals surface area contributed by atoms with Crippen LogP contribution in [0, 0.1) is 0 Å². The van der Waals surface area contributed by atoms with Crippen molar-refractivity contribution in [3.63, 3.8) is 0 Å². The Labute approximate surface area is 176 Å². The van der Waals surface area contributed by atoms with Crippen LogP contribution in [0.4, 0.5) is 16.2 Å². The van der Waals surface area contributed by atoms with Gasteiger partial charge in [-0.25, -0.2) is 18.4 Å². The molecule has 0 aromatic heterocycles. The van der Waals surface area contributed by atoms with Crippen LogP contribution in [0.25, 0.3) is 11.1 Å². The van der Waals surface area contributed by atoms with Crippen molar-refractivity contribution in [2.45, 2.75) is 44.7 Å². The largest absolute Gasteiger partial charge is 0.446 e. The maximum atomic E-state index is 12.7. The van der Waals surface area contributed by atoms with Gasteiger partial charge in [-0.1, -0.05) is 18.2 Å². The maximum absolute atomic E-state index is 12.7. The van der Waals surface area contributed by atoms with Crippen LogP contribution in [0.15, 0.2) is 47.4 Å². The fraction of sp³-hybridized carbons (Fsp3) is 0.333. The van der Waals surface area contributed by atoms with Gasteiger partial charge in [0.05, 0.1) is 28.4 Å². The third kappa shape index (κ3) is 4.31. The molecule has 0 aliphatic carbocycles. The fourth-order valence-corrected chi connectivity index (χ4v) is 4.13. The van der Waals surface area contributed by atoms with E-state index < -0.39 is 16.1 Å². The number of benzene rings is 2. The van der Waals surface area contributed by atoms with Gasteiger partial charge in [0.2, 0.25) is 15.9 Å². The molecule has 2 aromatic carbocycles. The van der Waals surface area contributed by atoms with Crippen molar-refractivity contribution in [2.75, 3.05) is 16.3 Å². The van der Waals surface area contributed by atoms with E-state index in [0.29, 0.717) is 22.5 Å².